The van der Waals surface area contributed by atoms with Gasteiger partial charge in [0.25, 0.3) is 10.0 Å². The Morgan fingerprint density at radius 1 is 0.962 bits per heavy atom. The molecule has 0 radical (unpaired) electrons. The molecule has 0 unspecified atom stereocenters. The van der Waals surface area contributed by atoms with E-state index in [2.05, 4.69) is 19.6 Å². The number of sulfonamides is 1. The molecule has 7 heteroatoms. The maximum Gasteiger partial charge on any atom is 0.263 e. The van der Waals surface area contributed by atoms with Crippen LogP contribution in [0, 0.1) is 6.92 Å². The summed E-state index contributed by atoms with van der Waals surface area (Å²) in [4.78, 5) is 11.6. The van der Waals surface area contributed by atoms with Crippen LogP contribution in [0.25, 0.3) is 11.0 Å². The van der Waals surface area contributed by atoms with E-state index >= 15 is 0 Å². The summed E-state index contributed by atoms with van der Waals surface area (Å²) >= 11 is 0. The van der Waals surface area contributed by atoms with Gasteiger partial charge in [-0.3, -0.25) is 4.72 Å². The Bertz CT molecular complexity index is 1060. The van der Waals surface area contributed by atoms with Crippen LogP contribution in [0.2, 0.25) is 0 Å². The molecule has 2 heterocycles. The summed E-state index contributed by atoms with van der Waals surface area (Å²) in [7, 11) is -3.74. The quantitative estimate of drug-likeness (QED) is 0.764. The smallest absolute Gasteiger partial charge is 0.263 e. The molecule has 6 nitrogen and oxygen atoms in total. The Morgan fingerprint density at radius 3 is 2.35 bits per heavy atom. The molecule has 1 saturated heterocycles. The lowest BCUT2D eigenvalue weighted by atomic mass is 10.2. The lowest BCUT2D eigenvalue weighted by molar-refractivity contribution is 0.601. The molecule has 1 aliphatic rings. The van der Waals surface area contributed by atoms with Crippen molar-refractivity contribution in [2.45, 2.75) is 24.7 Å². The highest BCUT2D eigenvalue weighted by Crippen LogP contribution is 2.29. The molecule has 1 fully saturated rings. The van der Waals surface area contributed by atoms with Gasteiger partial charge in [0, 0.05) is 13.1 Å². The molecule has 26 heavy (non-hydrogen) atoms. The molecule has 2 aromatic carbocycles. The van der Waals surface area contributed by atoms with Crippen molar-refractivity contribution in [1.29, 1.82) is 0 Å². The number of fused-ring (bicyclic) bond motifs is 1. The predicted octanol–water partition coefficient (Wildman–Crippen LogP) is 3.34. The number of para-hydroxylation sites is 2. The van der Waals surface area contributed by atoms with E-state index in [1.165, 1.54) is 0 Å². The highest BCUT2D eigenvalue weighted by molar-refractivity contribution is 7.92. The first-order valence-corrected chi connectivity index (χ1v) is 10.1. The molecule has 1 aliphatic heterocycles. The first kappa shape index (κ1) is 16.8. The van der Waals surface area contributed by atoms with Crippen LogP contribution in [0.15, 0.2) is 53.4 Å². The van der Waals surface area contributed by atoms with Gasteiger partial charge < -0.3 is 4.90 Å². The third kappa shape index (κ3) is 3.22. The molecule has 0 saturated carbocycles. The standard InChI is InChI=1S/C19H20N4O2S/c1-14-7-6-8-15(13-14)26(24,25)22-18-19(23-11-4-5-12-23)21-17-10-3-2-9-16(17)20-18/h2-3,6-10,13H,4-5,11-12H2,1H3,(H,20,22). The number of benzene rings is 2. The number of nitrogens with one attached hydrogen (secondary N) is 1. The first-order valence-electron chi connectivity index (χ1n) is 8.64. The zero-order valence-electron chi connectivity index (χ0n) is 14.5. The van der Waals surface area contributed by atoms with E-state index in [0.717, 1.165) is 37.0 Å². The number of nitrogens with zero attached hydrogens (tertiary/aromatic N) is 3. The fourth-order valence-corrected chi connectivity index (χ4v) is 4.29. The van der Waals surface area contributed by atoms with Crippen molar-refractivity contribution in [3.63, 3.8) is 0 Å². The fourth-order valence-electron chi connectivity index (χ4n) is 3.18. The Labute approximate surface area is 152 Å². The van der Waals surface area contributed by atoms with Crippen LogP contribution in [0.4, 0.5) is 11.6 Å². The number of anilines is 2. The minimum Gasteiger partial charge on any atom is -0.354 e. The Morgan fingerprint density at radius 2 is 1.65 bits per heavy atom. The van der Waals surface area contributed by atoms with E-state index in [9.17, 15) is 8.42 Å². The Hall–Kier alpha value is -2.67. The summed E-state index contributed by atoms with van der Waals surface area (Å²) in [5.41, 5.74) is 2.31. The number of hydrogen-bond donors (Lipinski definition) is 1. The molecule has 0 aliphatic carbocycles. The Kier molecular flexibility index (Phi) is 4.24. The number of aryl methyl sites for hydroxylation is 1. The van der Waals surface area contributed by atoms with Crippen molar-refractivity contribution in [3.05, 3.63) is 54.1 Å². The average Bonchev–Trinajstić information content (AvgIpc) is 3.15. The second-order valence-corrected chi connectivity index (χ2v) is 8.18. The van der Waals surface area contributed by atoms with Gasteiger partial charge in [0.15, 0.2) is 11.6 Å². The van der Waals surface area contributed by atoms with Crippen LogP contribution >= 0.6 is 0 Å². The van der Waals surface area contributed by atoms with E-state index in [0.29, 0.717) is 11.3 Å². The molecule has 3 aromatic rings. The second kappa shape index (κ2) is 6.57. The van der Waals surface area contributed by atoms with Crippen LogP contribution in [-0.2, 0) is 10.0 Å². The predicted molar refractivity (Wildman–Crippen MR) is 103 cm³/mol. The summed E-state index contributed by atoms with van der Waals surface area (Å²) in [6, 6.07) is 14.3. The number of rotatable bonds is 4. The molecule has 0 atom stereocenters. The third-order valence-electron chi connectivity index (χ3n) is 4.49. The summed E-state index contributed by atoms with van der Waals surface area (Å²) in [5, 5.41) is 0. The largest absolute Gasteiger partial charge is 0.354 e. The molecule has 134 valence electrons. The third-order valence-corrected chi connectivity index (χ3v) is 5.83. The molecule has 0 spiro atoms. The summed E-state index contributed by atoms with van der Waals surface area (Å²) in [6.45, 7) is 3.57. The van der Waals surface area contributed by atoms with Gasteiger partial charge in [0.2, 0.25) is 0 Å². The SMILES string of the molecule is Cc1cccc(S(=O)(=O)Nc2nc3ccccc3nc2N2CCCC2)c1. The lowest BCUT2D eigenvalue weighted by Gasteiger charge is -2.20. The van der Waals surface area contributed by atoms with E-state index in [4.69, 9.17) is 0 Å². The normalized spacial score (nSPS) is 14.7. The van der Waals surface area contributed by atoms with Crippen molar-refractivity contribution >= 4 is 32.7 Å². The van der Waals surface area contributed by atoms with Gasteiger partial charge >= 0.3 is 0 Å². The molecular formula is C19H20N4O2S. The molecule has 1 aromatic heterocycles. The maximum absolute atomic E-state index is 12.9. The average molecular weight is 368 g/mol. The summed E-state index contributed by atoms with van der Waals surface area (Å²) in [6.07, 6.45) is 2.14. The molecule has 0 bridgehead atoms. The summed E-state index contributed by atoms with van der Waals surface area (Å²) in [5.74, 6) is 0.879. The monoisotopic (exact) mass is 368 g/mol. The molecule has 1 N–H and O–H groups in total. The van der Waals surface area contributed by atoms with Gasteiger partial charge in [0.05, 0.1) is 15.9 Å². The highest BCUT2D eigenvalue weighted by atomic mass is 32.2. The lowest BCUT2D eigenvalue weighted by Crippen LogP contribution is -2.23. The maximum atomic E-state index is 12.9. The van der Waals surface area contributed by atoms with Gasteiger partial charge in [-0.25, -0.2) is 18.4 Å². The second-order valence-electron chi connectivity index (χ2n) is 6.50. The summed E-state index contributed by atoms with van der Waals surface area (Å²) < 4.78 is 28.4. The van der Waals surface area contributed by atoms with Crippen molar-refractivity contribution in [2.75, 3.05) is 22.7 Å². The zero-order valence-corrected chi connectivity index (χ0v) is 15.3. The fraction of sp³-hybridized carbons (Fsp3) is 0.263. The molecule has 0 amide bonds. The molecular weight excluding hydrogens is 348 g/mol. The van der Waals surface area contributed by atoms with Crippen molar-refractivity contribution in [1.82, 2.24) is 9.97 Å². The van der Waals surface area contributed by atoms with Crippen LogP contribution < -0.4 is 9.62 Å². The van der Waals surface area contributed by atoms with E-state index in [-0.39, 0.29) is 10.7 Å². The van der Waals surface area contributed by atoms with Crippen LogP contribution in [0.1, 0.15) is 18.4 Å². The van der Waals surface area contributed by atoms with E-state index in [1.54, 1.807) is 18.2 Å². The molecule has 4 rings (SSSR count). The number of aromatic nitrogens is 2. The van der Waals surface area contributed by atoms with Crippen molar-refractivity contribution in [2.24, 2.45) is 0 Å². The van der Waals surface area contributed by atoms with E-state index in [1.807, 2.05) is 37.3 Å². The van der Waals surface area contributed by atoms with Crippen molar-refractivity contribution in [3.8, 4) is 0 Å². The van der Waals surface area contributed by atoms with Gasteiger partial charge in [-0.1, -0.05) is 24.3 Å². The van der Waals surface area contributed by atoms with Crippen molar-refractivity contribution < 1.29 is 8.42 Å². The van der Waals surface area contributed by atoms with Crippen LogP contribution in [0.5, 0.6) is 0 Å². The van der Waals surface area contributed by atoms with Gasteiger partial charge in [0.1, 0.15) is 0 Å². The zero-order chi connectivity index (χ0) is 18.1. The first-order chi connectivity index (χ1) is 12.5. The van der Waals surface area contributed by atoms with E-state index < -0.39 is 10.0 Å². The van der Waals surface area contributed by atoms with Crippen LogP contribution in [0.3, 0.4) is 0 Å². The Balaban J connectivity index is 1.80. The minimum atomic E-state index is -3.74. The van der Waals surface area contributed by atoms with Gasteiger partial charge in [-0.05, 0) is 49.6 Å². The number of hydrogen-bond acceptors (Lipinski definition) is 5. The van der Waals surface area contributed by atoms with Gasteiger partial charge in [-0.15, -0.1) is 0 Å². The van der Waals surface area contributed by atoms with Crippen LogP contribution in [-0.4, -0.2) is 31.5 Å². The highest BCUT2D eigenvalue weighted by Gasteiger charge is 2.23. The van der Waals surface area contributed by atoms with Gasteiger partial charge in [-0.2, -0.15) is 0 Å². The minimum absolute atomic E-state index is 0.222. The topological polar surface area (TPSA) is 75.2 Å².